The summed E-state index contributed by atoms with van der Waals surface area (Å²) in [6, 6.07) is 1.85. The summed E-state index contributed by atoms with van der Waals surface area (Å²) in [6.07, 6.45) is 6.94. The Balaban J connectivity index is 2.48. The molecule has 0 aliphatic heterocycles. The lowest BCUT2D eigenvalue weighted by Crippen LogP contribution is -1.99. The molecule has 0 radical (unpaired) electrons. The molecule has 0 unspecified atom stereocenters. The van der Waals surface area contributed by atoms with Crippen LogP contribution >= 0.6 is 0 Å². The number of hydrogen-bond acceptors (Lipinski definition) is 3. The third-order valence-corrected chi connectivity index (χ3v) is 1.48. The Bertz CT molecular complexity index is 366. The van der Waals surface area contributed by atoms with Gasteiger partial charge in [-0.15, -0.1) is 0 Å². The predicted octanol–water partition coefficient (Wildman–Crippen LogP) is 0.971. The van der Waals surface area contributed by atoms with Crippen molar-refractivity contribution in [3.63, 3.8) is 0 Å². The van der Waals surface area contributed by atoms with Gasteiger partial charge in [0, 0.05) is 18.6 Å². The minimum absolute atomic E-state index is 0.750. The molecule has 12 heavy (non-hydrogen) atoms. The summed E-state index contributed by atoms with van der Waals surface area (Å²) in [7, 11) is 0. The predicted molar refractivity (Wildman–Crippen MR) is 43.9 cm³/mol. The van der Waals surface area contributed by atoms with Gasteiger partial charge < -0.3 is 0 Å². The average molecular weight is 160 g/mol. The Morgan fingerprint density at radius 1 is 1.33 bits per heavy atom. The minimum Gasteiger partial charge on any atom is -0.259 e. The molecule has 2 rings (SSSR count). The van der Waals surface area contributed by atoms with E-state index in [0.29, 0.717) is 0 Å². The molecule has 0 fully saturated rings. The number of aromatic nitrogens is 4. The Hall–Kier alpha value is -1.71. The number of hydrogen-bond donors (Lipinski definition) is 0. The summed E-state index contributed by atoms with van der Waals surface area (Å²) >= 11 is 0. The molecule has 0 N–H and O–H groups in total. The van der Waals surface area contributed by atoms with E-state index in [-0.39, 0.29) is 0 Å². The highest BCUT2D eigenvalue weighted by Crippen LogP contribution is 1.99. The molecule has 0 spiro atoms. The highest BCUT2D eigenvalue weighted by molar-refractivity contribution is 5.17. The SMILES string of the molecule is Cc1cncc(-n2cccn2)n1. The normalized spacial score (nSPS) is 10.1. The zero-order valence-electron chi connectivity index (χ0n) is 6.68. The Morgan fingerprint density at radius 3 is 2.92 bits per heavy atom. The van der Waals surface area contributed by atoms with Crippen molar-refractivity contribution in [3.8, 4) is 5.82 Å². The summed E-state index contributed by atoms with van der Waals surface area (Å²) in [6.45, 7) is 1.90. The van der Waals surface area contributed by atoms with E-state index in [0.717, 1.165) is 11.5 Å². The molecule has 0 bridgehead atoms. The molecule has 0 saturated carbocycles. The maximum atomic E-state index is 4.25. The summed E-state index contributed by atoms with van der Waals surface area (Å²) in [5, 5.41) is 4.04. The fourth-order valence-corrected chi connectivity index (χ4v) is 0.965. The van der Waals surface area contributed by atoms with Crippen molar-refractivity contribution < 1.29 is 0 Å². The van der Waals surface area contributed by atoms with Crippen LogP contribution in [0.1, 0.15) is 5.69 Å². The largest absolute Gasteiger partial charge is 0.259 e. The van der Waals surface area contributed by atoms with Crippen molar-refractivity contribution >= 4 is 0 Å². The third kappa shape index (κ3) is 1.18. The van der Waals surface area contributed by atoms with Gasteiger partial charge in [-0.05, 0) is 13.0 Å². The lowest BCUT2D eigenvalue weighted by molar-refractivity contribution is 0.830. The van der Waals surface area contributed by atoms with Gasteiger partial charge in [-0.25, -0.2) is 9.67 Å². The first-order valence-electron chi connectivity index (χ1n) is 3.65. The zero-order valence-corrected chi connectivity index (χ0v) is 6.68. The second kappa shape index (κ2) is 2.73. The molecule has 0 amide bonds. The molecule has 0 aliphatic rings. The molecule has 60 valence electrons. The van der Waals surface area contributed by atoms with Crippen LogP contribution < -0.4 is 0 Å². The molecule has 0 atom stereocenters. The van der Waals surface area contributed by atoms with Crippen molar-refractivity contribution in [3.05, 3.63) is 36.5 Å². The number of nitrogens with zero attached hydrogens (tertiary/aromatic N) is 4. The maximum absolute atomic E-state index is 4.25. The van der Waals surface area contributed by atoms with Crippen LogP contribution in [0, 0.1) is 6.92 Å². The van der Waals surface area contributed by atoms with Crippen molar-refractivity contribution in [2.75, 3.05) is 0 Å². The molecule has 4 heteroatoms. The van der Waals surface area contributed by atoms with Gasteiger partial charge in [0.2, 0.25) is 0 Å². The highest BCUT2D eigenvalue weighted by atomic mass is 15.3. The fourth-order valence-electron chi connectivity index (χ4n) is 0.965. The van der Waals surface area contributed by atoms with Crippen molar-refractivity contribution in [2.45, 2.75) is 6.92 Å². The van der Waals surface area contributed by atoms with Gasteiger partial charge in [0.25, 0.3) is 0 Å². The zero-order chi connectivity index (χ0) is 8.39. The van der Waals surface area contributed by atoms with E-state index < -0.39 is 0 Å². The van der Waals surface area contributed by atoms with E-state index >= 15 is 0 Å². The molecule has 0 saturated heterocycles. The average Bonchev–Trinajstić information content (AvgIpc) is 2.56. The van der Waals surface area contributed by atoms with Crippen LogP contribution in [0.4, 0.5) is 0 Å². The second-order valence-electron chi connectivity index (χ2n) is 2.47. The molecule has 2 aromatic rings. The van der Waals surface area contributed by atoms with Crippen molar-refractivity contribution in [2.24, 2.45) is 0 Å². The van der Waals surface area contributed by atoms with E-state index in [1.54, 1.807) is 23.3 Å². The summed E-state index contributed by atoms with van der Waals surface area (Å²) in [4.78, 5) is 8.27. The maximum Gasteiger partial charge on any atom is 0.172 e. The van der Waals surface area contributed by atoms with Gasteiger partial charge in [-0.1, -0.05) is 0 Å². The molecule has 2 aromatic heterocycles. The van der Waals surface area contributed by atoms with Crippen molar-refractivity contribution in [1.82, 2.24) is 19.7 Å². The first-order valence-corrected chi connectivity index (χ1v) is 3.65. The lowest BCUT2D eigenvalue weighted by Gasteiger charge is -1.98. The smallest absolute Gasteiger partial charge is 0.172 e. The Morgan fingerprint density at radius 2 is 2.25 bits per heavy atom. The van der Waals surface area contributed by atoms with Gasteiger partial charge in [0.1, 0.15) is 0 Å². The minimum atomic E-state index is 0.750. The standard InChI is InChI=1S/C8H8N4/c1-7-5-9-6-8(11-7)12-4-2-3-10-12/h2-6H,1H3. The number of rotatable bonds is 1. The summed E-state index contributed by atoms with van der Waals surface area (Å²) < 4.78 is 1.68. The Labute approximate surface area is 69.9 Å². The van der Waals surface area contributed by atoms with Crippen LogP contribution in [0.5, 0.6) is 0 Å². The van der Waals surface area contributed by atoms with E-state index in [4.69, 9.17) is 0 Å². The molecule has 4 nitrogen and oxygen atoms in total. The summed E-state index contributed by atoms with van der Waals surface area (Å²) in [5.74, 6) is 0.750. The van der Waals surface area contributed by atoms with Gasteiger partial charge in [0.05, 0.1) is 11.9 Å². The van der Waals surface area contributed by atoms with E-state index in [1.807, 2.05) is 19.2 Å². The number of aryl methyl sites for hydroxylation is 1. The monoisotopic (exact) mass is 160 g/mol. The molecular formula is C8H8N4. The van der Waals surface area contributed by atoms with Gasteiger partial charge in [0.15, 0.2) is 5.82 Å². The Kier molecular flexibility index (Phi) is 1.59. The molecule has 2 heterocycles. The highest BCUT2D eigenvalue weighted by Gasteiger charge is 1.96. The van der Waals surface area contributed by atoms with Gasteiger partial charge >= 0.3 is 0 Å². The van der Waals surface area contributed by atoms with E-state index in [9.17, 15) is 0 Å². The van der Waals surface area contributed by atoms with Gasteiger partial charge in [-0.3, -0.25) is 4.98 Å². The van der Waals surface area contributed by atoms with Crippen LogP contribution in [0.25, 0.3) is 5.82 Å². The first kappa shape index (κ1) is 6.97. The first-order chi connectivity index (χ1) is 5.86. The second-order valence-corrected chi connectivity index (χ2v) is 2.47. The van der Waals surface area contributed by atoms with Crippen molar-refractivity contribution in [1.29, 1.82) is 0 Å². The molecule has 0 aromatic carbocycles. The van der Waals surface area contributed by atoms with E-state index in [2.05, 4.69) is 15.1 Å². The molecule has 0 aliphatic carbocycles. The van der Waals surface area contributed by atoms with Crippen LogP contribution in [0.2, 0.25) is 0 Å². The lowest BCUT2D eigenvalue weighted by atomic mass is 10.5. The fraction of sp³-hybridized carbons (Fsp3) is 0.125. The van der Waals surface area contributed by atoms with Crippen LogP contribution in [-0.4, -0.2) is 19.7 Å². The summed E-state index contributed by atoms with van der Waals surface area (Å²) in [5.41, 5.74) is 0.892. The van der Waals surface area contributed by atoms with E-state index in [1.165, 1.54) is 0 Å². The van der Waals surface area contributed by atoms with Gasteiger partial charge in [-0.2, -0.15) is 5.10 Å². The van der Waals surface area contributed by atoms with Crippen LogP contribution in [0.3, 0.4) is 0 Å². The topological polar surface area (TPSA) is 43.6 Å². The third-order valence-electron chi connectivity index (χ3n) is 1.48. The van der Waals surface area contributed by atoms with Crippen LogP contribution in [0.15, 0.2) is 30.9 Å². The quantitative estimate of drug-likeness (QED) is 0.624. The van der Waals surface area contributed by atoms with Crippen LogP contribution in [-0.2, 0) is 0 Å². The molecular weight excluding hydrogens is 152 g/mol.